The monoisotopic (exact) mass is 355 g/mol. The second kappa shape index (κ2) is 5.64. The Morgan fingerprint density at radius 1 is 1.23 bits per heavy atom. The molecule has 1 saturated heterocycles. The number of amides is 1. The van der Waals surface area contributed by atoms with Gasteiger partial charge in [0, 0.05) is 32.1 Å². The first-order valence-electron chi connectivity index (χ1n) is 9.25. The van der Waals surface area contributed by atoms with Crippen LogP contribution in [0.25, 0.3) is 0 Å². The number of ketones is 2. The highest BCUT2D eigenvalue weighted by Crippen LogP contribution is 2.45. The molecule has 3 unspecified atom stereocenters. The summed E-state index contributed by atoms with van der Waals surface area (Å²) >= 11 is 0. The maximum absolute atomic E-state index is 13.2. The summed E-state index contributed by atoms with van der Waals surface area (Å²) in [5.74, 6) is -1.10. The molecule has 2 heterocycles. The molecule has 1 amide bonds. The van der Waals surface area contributed by atoms with Gasteiger partial charge in [0.05, 0.1) is 11.3 Å². The van der Waals surface area contributed by atoms with Crippen LogP contribution in [0.15, 0.2) is 12.1 Å². The number of piperidine rings is 1. The molecule has 6 nitrogen and oxygen atoms in total. The van der Waals surface area contributed by atoms with Crippen LogP contribution >= 0.6 is 0 Å². The van der Waals surface area contributed by atoms with Gasteiger partial charge >= 0.3 is 0 Å². The lowest BCUT2D eigenvalue weighted by Gasteiger charge is -2.52. The minimum atomic E-state index is -1.22. The zero-order valence-corrected chi connectivity index (χ0v) is 15.8. The smallest absolute Gasteiger partial charge is 0.258 e. The van der Waals surface area contributed by atoms with Gasteiger partial charge < -0.3 is 5.32 Å². The molecule has 138 valence electrons. The third kappa shape index (κ3) is 2.18. The third-order valence-corrected chi connectivity index (χ3v) is 6.30. The molecule has 3 atom stereocenters. The molecule has 1 saturated carbocycles. The molecule has 2 fully saturated rings. The molecule has 2 bridgehead atoms. The van der Waals surface area contributed by atoms with E-state index in [1.165, 1.54) is 25.2 Å². The number of benzene rings is 1. The summed E-state index contributed by atoms with van der Waals surface area (Å²) in [6.07, 6.45) is 3.30. The lowest BCUT2D eigenvalue weighted by molar-refractivity contribution is -0.139. The Kier molecular flexibility index (Phi) is 3.74. The van der Waals surface area contributed by atoms with Crippen molar-refractivity contribution in [1.82, 2.24) is 9.80 Å². The van der Waals surface area contributed by atoms with E-state index in [1.807, 2.05) is 6.92 Å². The Bertz CT molecular complexity index is 834. The molecular weight excluding hydrogens is 330 g/mol. The number of rotatable bonds is 3. The molecule has 1 aromatic carbocycles. The Balaban J connectivity index is 1.90. The summed E-state index contributed by atoms with van der Waals surface area (Å²) in [7, 11) is 1.68. The quantitative estimate of drug-likeness (QED) is 0.844. The van der Waals surface area contributed by atoms with E-state index >= 15 is 0 Å². The second-order valence-corrected chi connectivity index (χ2v) is 7.99. The van der Waals surface area contributed by atoms with Crippen molar-refractivity contribution in [2.45, 2.75) is 51.9 Å². The Labute approximate surface area is 153 Å². The van der Waals surface area contributed by atoms with Crippen molar-refractivity contribution in [2.75, 3.05) is 18.9 Å². The number of fused-ring (bicyclic) bond motifs is 3. The SMILES string of the molecule is CC(=O)c1cc(C)cc2c1NC(C(C)=O)(N1CC3CCC1C3)N(C)C2=O. The van der Waals surface area contributed by atoms with E-state index in [2.05, 4.69) is 10.2 Å². The molecule has 6 heteroatoms. The first-order chi connectivity index (χ1) is 12.3. The van der Waals surface area contributed by atoms with Crippen molar-refractivity contribution in [3.63, 3.8) is 0 Å². The Hall–Kier alpha value is -2.21. The second-order valence-electron chi connectivity index (χ2n) is 7.99. The number of anilines is 1. The van der Waals surface area contributed by atoms with Gasteiger partial charge in [-0.25, -0.2) is 0 Å². The number of likely N-dealkylation sites (tertiary alicyclic amines) is 1. The van der Waals surface area contributed by atoms with Crippen LogP contribution in [0, 0.1) is 12.8 Å². The van der Waals surface area contributed by atoms with Crippen LogP contribution in [0.5, 0.6) is 0 Å². The van der Waals surface area contributed by atoms with Gasteiger partial charge in [0.15, 0.2) is 11.6 Å². The predicted octanol–water partition coefficient (Wildman–Crippen LogP) is 2.42. The highest BCUT2D eigenvalue weighted by Gasteiger charge is 2.57. The third-order valence-electron chi connectivity index (χ3n) is 6.30. The van der Waals surface area contributed by atoms with Crippen molar-refractivity contribution in [1.29, 1.82) is 0 Å². The fourth-order valence-electron chi connectivity index (χ4n) is 5.07. The summed E-state index contributed by atoms with van der Waals surface area (Å²) < 4.78 is 0. The first kappa shape index (κ1) is 17.2. The maximum Gasteiger partial charge on any atom is 0.258 e. The zero-order valence-electron chi connectivity index (χ0n) is 15.8. The van der Waals surface area contributed by atoms with Crippen LogP contribution in [0.1, 0.15) is 59.4 Å². The fourth-order valence-corrected chi connectivity index (χ4v) is 5.07. The van der Waals surface area contributed by atoms with E-state index in [1.54, 1.807) is 19.2 Å². The number of likely N-dealkylation sites (N-methyl/N-ethyl adjacent to an activating group) is 1. The summed E-state index contributed by atoms with van der Waals surface area (Å²) in [4.78, 5) is 42.0. The number of hydrogen-bond donors (Lipinski definition) is 1. The van der Waals surface area contributed by atoms with Gasteiger partial charge in [-0.05, 0) is 56.7 Å². The van der Waals surface area contributed by atoms with E-state index < -0.39 is 5.79 Å². The van der Waals surface area contributed by atoms with E-state index in [0.29, 0.717) is 28.8 Å². The van der Waals surface area contributed by atoms with E-state index in [9.17, 15) is 14.4 Å². The van der Waals surface area contributed by atoms with Crippen molar-refractivity contribution in [3.05, 3.63) is 28.8 Å². The van der Waals surface area contributed by atoms with Gasteiger partial charge in [0.2, 0.25) is 5.79 Å². The molecule has 1 aromatic rings. The average Bonchev–Trinajstić information content (AvgIpc) is 3.21. The largest absolute Gasteiger partial charge is 0.342 e. The first-order valence-corrected chi connectivity index (χ1v) is 9.25. The highest BCUT2D eigenvalue weighted by atomic mass is 16.2. The Morgan fingerprint density at radius 3 is 2.50 bits per heavy atom. The van der Waals surface area contributed by atoms with Crippen molar-refractivity contribution in [3.8, 4) is 0 Å². The molecule has 0 spiro atoms. The molecule has 1 aliphatic carbocycles. The van der Waals surface area contributed by atoms with Crippen molar-refractivity contribution >= 4 is 23.2 Å². The number of aryl methyl sites for hydroxylation is 1. The number of carbonyl (C=O) groups is 3. The summed E-state index contributed by atoms with van der Waals surface area (Å²) in [5, 5.41) is 3.35. The predicted molar refractivity (Wildman–Crippen MR) is 98.1 cm³/mol. The van der Waals surface area contributed by atoms with Gasteiger partial charge in [0.25, 0.3) is 5.91 Å². The molecule has 1 N–H and O–H groups in total. The number of nitrogens with zero attached hydrogens (tertiary/aromatic N) is 2. The molecule has 0 aromatic heterocycles. The van der Waals surface area contributed by atoms with Crippen LogP contribution < -0.4 is 5.32 Å². The Morgan fingerprint density at radius 2 is 1.96 bits per heavy atom. The summed E-state index contributed by atoms with van der Waals surface area (Å²) in [6, 6.07) is 3.86. The van der Waals surface area contributed by atoms with E-state index in [-0.39, 0.29) is 17.5 Å². The minimum Gasteiger partial charge on any atom is -0.342 e. The van der Waals surface area contributed by atoms with E-state index in [4.69, 9.17) is 0 Å². The van der Waals surface area contributed by atoms with Gasteiger partial charge in [-0.1, -0.05) is 0 Å². The molecular formula is C20H25N3O3. The molecule has 0 radical (unpaired) electrons. The minimum absolute atomic E-state index is 0.116. The van der Waals surface area contributed by atoms with Crippen LogP contribution in [-0.2, 0) is 4.79 Å². The topological polar surface area (TPSA) is 69.7 Å². The van der Waals surface area contributed by atoms with Gasteiger partial charge in [-0.3, -0.25) is 24.2 Å². The van der Waals surface area contributed by atoms with Crippen molar-refractivity contribution in [2.24, 2.45) is 5.92 Å². The lowest BCUT2D eigenvalue weighted by Crippen LogP contribution is -2.73. The normalized spacial score (nSPS) is 30.3. The lowest BCUT2D eigenvalue weighted by atomic mass is 9.94. The number of hydrogen-bond acceptors (Lipinski definition) is 5. The fraction of sp³-hybridized carbons (Fsp3) is 0.550. The maximum atomic E-state index is 13.2. The number of nitrogens with one attached hydrogen (secondary N) is 1. The molecule has 2 aliphatic heterocycles. The molecule has 26 heavy (non-hydrogen) atoms. The highest BCUT2D eigenvalue weighted by molar-refractivity contribution is 6.12. The zero-order chi connectivity index (χ0) is 18.8. The van der Waals surface area contributed by atoms with E-state index in [0.717, 1.165) is 24.9 Å². The summed E-state index contributed by atoms with van der Waals surface area (Å²) in [6.45, 7) is 5.68. The summed E-state index contributed by atoms with van der Waals surface area (Å²) in [5.41, 5.74) is 2.27. The van der Waals surface area contributed by atoms with Crippen LogP contribution in [0.2, 0.25) is 0 Å². The average molecular weight is 355 g/mol. The number of carbonyl (C=O) groups excluding carboxylic acids is 3. The molecule has 3 aliphatic rings. The van der Waals surface area contributed by atoms with Crippen LogP contribution in [0.4, 0.5) is 5.69 Å². The number of Topliss-reactive ketones (excluding diaryl/α,β-unsaturated/α-hetero) is 2. The standard InChI is InChI=1S/C20H25N3O3/c1-11-7-16(12(2)24)18-17(8-11)19(26)22(4)20(21-18,13(3)25)23-10-14-5-6-15(23)9-14/h7-8,14-15,21H,5-6,9-10H2,1-4H3. The van der Waals surface area contributed by atoms with Gasteiger partial charge in [0.1, 0.15) is 0 Å². The van der Waals surface area contributed by atoms with Crippen LogP contribution in [0.3, 0.4) is 0 Å². The van der Waals surface area contributed by atoms with Gasteiger partial charge in [-0.15, -0.1) is 0 Å². The van der Waals surface area contributed by atoms with Crippen LogP contribution in [-0.4, -0.2) is 52.7 Å². The van der Waals surface area contributed by atoms with Crippen molar-refractivity contribution < 1.29 is 14.4 Å². The van der Waals surface area contributed by atoms with Gasteiger partial charge in [-0.2, -0.15) is 0 Å². The molecule has 4 rings (SSSR count).